The number of carboxylic acid groups (broad SMARTS) is 1. The number of carbonyl (C=O) groups is 2. The van der Waals surface area contributed by atoms with Crippen molar-refractivity contribution in [1.29, 1.82) is 0 Å². The average molecular weight is 371 g/mol. The second-order valence-corrected chi connectivity index (χ2v) is 5.89. The summed E-state index contributed by atoms with van der Waals surface area (Å²) in [6.45, 7) is 1.75. The second kappa shape index (κ2) is 8.17. The fraction of sp³-hybridized carbons (Fsp3) is 0.312. The molecule has 2 rings (SSSR count). The van der Waals surface area contributed by atoms with Gasteiger partial charge in [0.1, 0.15) is 6.54 Å². The molecule has 1 N–H and O–H groups in total. The number of aromatic nitrogens is 1. The molecule has 2 aromatic rings. The number of carbonyl (C=O) groups excluding carboxylic acids is 1. The summed E-state index contributed by atoms with van der Waals surface area (Å²) in [6.07, 6.45) is 1.93. The molecule has 0 unspecified atom stereocenters. The van der Waals surface area contributed by atoms with Gasteiger partial charge >= 0.3 is 5.97 Å². The Bertz CT molecular complexity index is 745. The summed E-state index contributed by atoms with van der Waals surface area (Å²) in [5, 5.41) is 9.74. The van der Waals surface area contributed by atoms with Gasteiger partial charge in [-0.25, -0.2) is 4.98 Å². The van der Waals surface area contributed by atoms with Gasteiger partial charge in [-0.15, -0.1) is 0 Å². The molecule has 0 aliphatic rings. The van der Waals surface area contributed by atoms with Crippen LogP contribution in [0.15, 0.2) is 28.8 Å². The Labute approximate surface area is 149 Å². The average Bonchev–Trinajstić information content (AvgIpc) is 2.98. The first-order valence-corrected chi connectivity index (χ1v) is 8.06. The van der Waals surface area contributed by atoms with Gasteiger partial charge in [-0.05, 0) is 25.1 Å². The van der Waals surface area contributed by atoms with E-state index < -0.39 is 5.97 Å². The number of oxazole rings is 1. The number of carboxylic acids is 1. The SMILES string of the molecule is CCN(CC(=O)O)C(=O)CCc1ncc(-c2ccc(Cl)cc2Cl)o1. The predicted molar refractivity (Wildman–Crippen MR) is 90.2 cm³/mol. The van der Waals surface area contributed by atoms with Crippen LogP contribution in [0.1, 0.15) is 19.2 Å². The summed E-state index contributed by atoms with van der Waals surface area (Å²) in [6, 6.07) is 5.03. The van der Waals surface area contributed by atoms with Gasteiger partial charge in [-0.3, -0.25) is 9.59 Å². The Hall–Kier alpha value is -2.05. The Morgan fingerprint density at radius 1 is 1.33 bits per heavy atom. The number of hydrogen-bond acceptors (Lipinski definition) is 4. The molecule has 0 bridgehead atoms. The van der Waals surface area contributed by atoms with Gasteiger partial charge in [-0.1, -0.05) is 23.2 Å². The van der Waals surface area contributed by atoms with E-state index in [2.05, 4.69) is 4.98 Å². The minimum absolute atomic E-state index is 0.120. The van der Waals surface area contributed by atoms with Crippen LogP contribution >= 0.6 is 23.2 Å². The lowest BCUT2D eigenvalue weighted by molar-refractivity contribution is -0.144. The molecule has 0 radical (unpaired) electrons. The number of benzene rings is 1. The highest BCUT2D eigenvalue weighted by Gasteiger charge is 2.16. The number of aliphatic carboxylic acids is 1. The summed E-state index contributed by atoms with van der Waals surface area (Å²) in [7, 11) is 0. The molecule has 1 amide bonds. The molecular formula is C16H16Cl2N2O4. The van der Waals surface area contributed by atoms with E-state index >= 15 is 0 Å². The van der Waals surface area contributed by atoms with Crippen molar-refractivity contribution < 1.29 is 19.1 Å². The van der Waals surface area contributed by atoms with E-state index in [-0.39, 0.29) is 25.3 Å². The first-order valence-electron chi connectivity index (χ1n) is 7.30. The third kappa shape index (κ3) is 4.72. The van der Waals surface area contributed by atoms with Crippen molar-refractivity contribution in [3.8, 4) is 11.3 Å². The molecule has 6 nitrogen and oxygen atoms in total. The topological polar surface area (TPSA) is 83.6 Å². The smallest absolute Gasteiger partial charge is 0.323 e. The molecular weight excluding hydrogens is 355 g/mol. The third-order valence-corrected chi connectivity index (χ3v) is 3.91. The van der Waals surface area contributed by atoms with Crippen molar-refractivity contribution in [1.82, 2.24) is 9.88 Å². The number of aryl methyl sites for hydroxylation is 1. The molecule has 1 heterocycles. The number of hydrogen-bond donors (Lipinski definition) is 1. The zero-order valence-electron chi connectivity index (χ0n) is 13.0. The van der Waals surface area contributed by atoms with E-state index in [9.17, 15) is 9.59 Å². The lowest BCUT2D eigenvalue weighted by Crippen LogP contribution is -2.35. The van der Waals surface area contributed by atoms with Crippen LogP contribution in [0.3, 0.4) is 0 Å². The van der Waals surface area contributed by atoms with E-state index in [0.717, 1.165) is 0 Å². The number of amides is 1. The van der Waals surface area contributed by atoms with E-state index in [1.807, 2.05) is 0 Å². The predicted octanol–water partition coefficient (Wildman–Crippen LogP) is 3.51. The molecule has 0 aliphatic carbocycles. The van der Waals surface area contributed by atoms with Gasteiger partial charge in [0.25, 0.3) is 0 Å². The maximum Gasteiger partial charge on any atom is 0.323 e. The molecule has 0 atom stereocenters. The molecule has 1 aromatic heterocycles. The highest BCUT2D eigenvalue weighted by atomic mass is 35.5. The Morgan fingerprint density at radius 2 is 2.08 bits per heavy atom. The van der Waals surface area contributed by atoms with Gasteiger partial charge in [0.05, 0.1) is 11.2 Å². The fourth-order valence-corrected chi connectivity index (χ4v) is 2.65. The molecule has 0 saturated heterocycles. The summed E-state index contributed by atoms with van der Waals surface area (Å²) < 4.78 is 5.61. The molecule has 0 saturated carbocycles. The van der Waals surface area contributed by atoms with Crippen molar-refractivity contribution in [2.45, 2.75) is 19.8 Å². The summed E-state index contributed by atoms with van der Waals surface area (Å²) in [5.74, 6) is -0.432. The van der Waals surface area contributed by atoms with Gasteiger partial charge in [-0.2, -0.15) is 0 Å². The standard InChI is InChI=1S/C16H16Cl2N2O4/c1-2-20(9-16(22)23)15(21)6-5-14-19-8-13(24-14)11-4-3-10(17)7-12(11)18/h3-4,7-8H,2,5-6,9H2,1H3,(H,22,23). The number of nitrogens with zero attached hydrogens (tertiary/aromatic N) is 2. The fourth-order valence-electron chi connectivity index (χ4n) is 2.15. The van der Waals surface area contributed by atoms with E-state index in [4.69, 9.17) is 32.7 Å². The first kappa shape index (κ1) is 18.3. The van der Waals surface area contributed by atoms with E-state index in [1.165, 1.54) is 11.1 Å². The number of likely N-dealkylation sites (N-methyl/N-ethyl adjacent to an activating group) is 1. The van der Waals surface area contributed by atoms with E-state index in [1.54, 1.807) is 25.1 Å². The largest absolute Gasteiger partial charge is 0.480 e. The molecule has 0 fully saturated rings. The van der Waals surface area contributed by atoms with Gasteiger partial charge in [0, 0.05) is 30.0 Å². The lowest BCUT2D eigenvalue weighted by Gasteiger charge is -2.17. The Balaban J connectivity index is 2.01. The Morgan fingerprint density at radius 3 is 2.71 bits per heavy atom. The van der Waals surface area contributed by atoms with Crippen molar-refractivity contribution in [2.75, 3.05) is 13.1 Å². The minimum Gasteiger partial charge on any atom is -0.480 e. The molecule has 24 heavy (non-hydrogen) atoms. The second-order valence-electron chi connectivity index (χ2n) is 5.04. The third-order valence-electron chi connectivity index (χ3n) is 3.36. The number of halogens is 2. The number of rotatable bonds is 7. The molecule has 0 spiro atoms. The van der Waals surface area contributed by atoms with Crippen molar-refractivity contribution in [2.24, 2.45) is 0 Å². The van der Waals surface area contributed by atoms with Crippen LogP contribution in [0.25, 0.3) is 11.3 Å². The maximum atomic E-state index is 12.0. The lowest BCUT2D eigenvalue weighted by atomic mass is 10.2. The molecule has 128 valence electrons. The van der Waals surface area contributed by atoms with Gasteiger partial charge in [0.2, 0.25) is 5.91 Å². The van der Waals surface area contributed by atoms with Crippen LogP contribution in [0, 0.1) is 0 Å². The Kier molecular flexibility index (Phi) is 6.23. The highest BCUT2D eigenvalue weighted by Crippen LogP contribution is 2.30. The summed E-state index contributed by atoms with van der Waals surface area (Å²) in [4.78, 5) is 28.1. The van der Waals surface area contributed by atoms with E-state index in [0.29, 0.717) is 33.8 Å². The first-order chi connectivity index (χ1) is 11.4. The van der Waals surface area contributed by atoms with Crippen LogP contribution in [0.4, 0.5) is 0 Å². The molecule has 0 aliphatic heterocycles. The quantitative estimate of drug-likeness (QED) is 0.805. The van der Waals surface area contributed by atoms with Crippen LogP contribution in [0.5, 0.6) is 0 Å². The van der Waals surface area contributed by atoms with Crippen LogP contribution in [-0.2, 0) is 16.0 Å². The van der Waals surface area contributed by atoms with Crippen LogP contribution < -0.4 is 0 Å². The normalized spacial score (nSPS) is 10.6. The zero-order chi connectivity index (χ0) is 17.7. The van der Waals surface area contributed by atoms with Crippen molar-refractivity contribution in [3.63, 3.8) is 0 Å². The molecule has 1 aromatic carbocycles. The van der Waals surface area contributed by atoms with Crippen LogP contribution in [0.2, 0.25) is 10.0 Å². The summed E-state index contributed by atoms with van der Waals surface area (Å²) in [5.41, 5.74) is 0.659. The van der Waals surface area contributed by atoms with Crippen LogP contribution in [-0.4, -0.2) is 40.0 Å². The van der Waals surface area contributed by atoms with Gasteiger partial charge in [0.15, 0.2) is 11.7 Å². The molecule has 8 heteroatoms. The summed E-state index contributed by atoms with van der Waals surface area (Å²) >= 11 is 12.0. The monoisotopic (exact) mass is 370 g/mol. The highest BCUT2D eigenvalue weighted by molar-refractivity contribution is 6.36. The van der Waals surface area contributed by atoms with Crippen molar-refractivity contribution >= 4 is 35.1 Å². The zero-order valence-corrected chi connectivity index (χ0v) is 14.5. The minimum atomic E-state index is -1.04. The van der Waals surface area contributed by atoms with Gasteiger partial charge < -0.3 is 14.4 Å². The maximum absolute atomic E-state index is 12.0. The van der Waals surface area contributed by atoms with Crippen molar-refractivity contribution in [3.05, 3.63) is 40.3 Å².